The maximum absolute atomic E-state index is 15.2. The number of amides is 2. The van der Waals surface area contributed by atoms with E-state index < -0.39 is 66.1 Å². The molecule has 4 aromatic rings. The Morgan fingerprint density at radius 1 is 1.06 bits per heavy atom. The Morgan fingerprint density at radius 2 is 1.76 bits per heavy atom. The maximum Gasteiger partial charge on any atom is 0.412 e. The first kappa shape index (κ1) is 38.9. The van der Waals surface area contributed by atoms with Crippen molar-refractivity contribution in [3.63, 3.8) is 0 Å². The Labute approximate surface area is 288 Å². The number of alkyl halides is 2. The Hall–Kier alpha value is -5.51. The van der Waals surface area contributed by atoms with E-state index in [0.717, 1.165) is 35.2 Å². The Balaban J connectivity index is 0.00000676. The van der Waals surface area contributed by atoms with E-state index in [-0.39, 0.29) is 48.1 Å². The summed E-state index contributed by atoms with van der Waals surface area (Å²) >= 11 is 5.96. The summed E-state index contributed by atoms with van der Waals surface area (Å²) in [6.07, 6.45) is -2.59. The third-order valence-corrected chi connectivity index (χ3v) is 7.52. The fraction of sp³-hybridized carbons (Fsp3) is 0.273. The summed E-state index contributed by atoms with van der Waals surface area (Å²) in [5, 5.41) is 16.5. The van der Waals surface area contributed by atoms with Crippen LogP contribution < -0.4 is 5.32 Å². The van der Waals surface area contributed by atoms with Gasteiger partial charge in [-0.15, -0.1) is 0 Å². The van der Waals surface area contributed by atoms with Crippen LogP contribution in [0.25, 0.3) is 11.3 Å². The molecule has 0 saturated heterocycles. The van der Waals surface area contributed by atoms with Crippen LogP contribution in [0.5, 0.6) is 0 Å². The van der Waals surface area contributed by atoms with E-state index in [9.17, 15) is 33.3 Å². The molecule has 1 atom stereocenters. The number of likely N-dealkylation sites (N-methyl/N-ethyl adjacent to an activating group) is 1. The molecule has 266 valence electrons. The summed E-state index contributed by atoms with van der Waals surface area (Å²) in [7, 11) is 1.20. The highest BCUT2D eigenvalue weighted by atomic mass is 35.5. The predicted octanol–water partition coefficient (Wildman–Crippen LogP) is 7.71. The maximum atomic E-state index is 15.2. The average molecular weight is 723 g/mol. The number of esters is 1. The Bertz CT molecular complexity index is 1820. The van der Waals surface area contributed by atoms with Gasteiger partial charge in [0, 0.05) is 43.7 Å². The standard InChI is InChI=1S/C32H27ClF4N4O8.CH4/c1-40(28(42)13-10-19-4-3-7-25(35)29(19)33)24(16-32(36,37)18-48-30(43)20-8-11-23(12-9-20)41(45)46)17-47-31(44)38-27-15-26(49-39-27)21-5-2-6-22(34)14-21;/h2-9,11-12,14-15,24H,10,13,16-18H2,1H3,(H,38,39,44);1H4/t24-;/m0./s1. The lowest BCUT2D eigenvalue weighted by Crippen LogP contribution is -2.45. The monoisotopic (exact) mass is 722 g/mol. The second kappa shape index (κ2) is 17.2. The fourth-order valence-corrected chi connectivity index (χ4v) is 4.69. The Kier molecular flexibility index (Phi) is 13.4. The molecule has 0 aliphatic rings. The van der Waals surface area contributed by atoms with E-state index >= 15 is 8.78 Å². The van der Waals surface area contributed by atoms with Gasteiger partial charge in [0.2, 0.25) is 5.91 Å². The van der Waals surface area contributed by atoms with Crippen molar-refractivity contribution in [2.45, 2.75) is 38.7 Å². The number of ether oxygens (including phenoxy) is 2. The number of rotatable bonds is 14. The fourth-order valence-electron chi connectivity index (χ4n) is 4.47. The van der Waals surface area contributed by atoms with Crippen LogP contribution in [0, 0.1) is 21.7 Å². The average Bonchev–Trinajstić information content (AvgIpc) is 3.54. The molecule has 4 rings (SSSR count). The van der Waals surface area contributed by atoms with E-state index in [1.54, 1.807) is 0 Å². The number of carbonyl (C=O) groups is 3. The molecule has 2 amide bonds. The molecule has 1 heterocycles. The Morgan fingerprint density at radius 3 is 2.44 bits per heavy atom. The topological polar surface area (TPSA) is 154 Å². The third kappa shape index (κ3) is 10.7. The highest BCUT2D eigenvalue weighted by Gasteiger charge is 2.38. The highest BCUT2D eigenvalue weighted by molar-refractivity contribution is 6.31. The molecule has 3 aromatic carbocycles. The molecule has 0 aliphatic heterocycles. The summed E-state index contributed by atoms with van der Waals surface area (Å²) in [6, 6.07) is 13.3. The molecule has 17 heteroatoms. The van der Waals surface area contributed by atoms with Crippen LogP contribution in [0.2, 0.25) is 5.02 Å². The van der Waals surface area contributed by atoms with Gasteiger partial charge >= 0.3 is 12.1 Å². The van der Waals surface area contributed by atoms with Crippen LogP contribution in [0.3, 0.4) is 0 Å². The molecule has 50 heavy (non-hydrogen) atoms. The number of nitrogens with one attached hydrogen (secondary N) is 1. The second-order valence-electron chi connectivity index (χ2n) is 10.6. The summed E-state index contributed by atoms with van der Waals surface area (Å²) < 4.78 is 72.7. The molecule has 1 N–H and O–H groups in total. The van der Waals surface area contributed by atoms with E-state index in [1.807, 2.05) is 0 Å². The van der Waals surface area contributed by atoms with Crippen LogP contribution in [-0.2, 0) is 20.7 Å². The van der Waals surface area contributed by atoms with Crippen LogP contribution in [0.1, 0.15) is 36.2 Å². The largest absolute Gasteiger partial charge is 0.456 e. The lowest BCUT2D eigenvalue weighted by molar-refractivity contribution is -0.384. The number of benzene rings is 3. The van der Waals surface area contributed by atoms with Crippen molar-refractivity contribution >= 4 is 41.1 Å². The minimum Gasteiger partial charge on any atom is -0.456 e. The number of nitro groups is 1. The van der Waals surface area contributed by atoms with E-state index in [2.05, 4.69) is 10.5 Å². The number of carbonyl (C=O) groups excluding carboxylic acids is 3. The number of halogens is 5. The van der Waals surface area contributed by atoms with Crippen molar-refractivity contribution in [3.8, 4) is 11.3 Å². The molecule has 0 saturated carbocycles. The van der Waals surface area contributed by atoms with Gasteiger partial charge in [-0.3, -0.25) is 20.2 Å². The molecule has 0 spiro atoms. The molecule has 0 bridgehead atoms. The number of anilines is 1. The quantitative estimate of drug-likeness (QED) is 0.0597. The van der Waals surface area contributed by atoms with Crippen molar-refractivity contribution in [3.05, 3.63) is 111 Å². The summed E-state index contributed by atoms with van der Waals surface area (Å²) in [6.45, 7) is -2.19. The van der Waals surface area contributed by atoms with Gasteiger partial charge in [0.05, 0.1) is 21.6 Å². The van der Waals surface area contributed by atoms with E-state index in [0.29, 0.717) is 11.1 Å². The molecule has 12 nitrogen and oxygen atoms in total. The number of nitro benzene ring substituents is 1. The summed E-state index contributed by atoms with van der Waals surface area (Å²) in [5.41, 5.74) is 0.0980. The lowest BCUT2D eigenvalue weighted by Gasteiger charge is -2.31. The zero-order valence-corrected chi connectivity index (χ0v) is 26.3. The van der Waals surface area contributed by atoms with Gasteiger partial charge in [-0.1, -0.05) is 48.4 Å². The molecule has 0 unspecified atom stereocenters. The third-order valence-electron chi connectivity index (χ3n) is 7.10. The van der Waals surface area contributed by atoms with Gasteiger partial charge in [0.25, 0.3) is 11.6 Å². The number of hydrogen-bond acceptors (Lipinski definition) is 9. The predicted molar refractivity (Wildman–Crippen MR) is 173 cm³/mol. The molecular weight excluding hydrogens is 692 g/mol. The van der Waals surface area contributed by atoms with E-state index in [4.69, 9.17) is 25.6 Å². The van der Waals surface area contributed by atoms with Crippen LogP contribution >= 0.6 is 11.6 Å². The number of aryl methyl sites for hydroxylation is 1. The van der Waals surface area contributed by atoms with Crippen molar-refractivity contribution in [2.24, 2.45) is 0 Å². The first-order valence-corrected chi connectivity index (χ1v) is 14.7. The number of non-ortho nitro benzene ring substituents is 1. The van der Waals surface area contributed by atoms with Crippen molar-refractivity contribution < 1.29 is 50.9 Å². The minimum atomic E-state index is -3.76. The van der Waals surface area contributed by atoms with E-state index in [1.165, 1.54) is 49.5 Å². The number of aromatic nitrogens is 1. The summed E-state index contributed by atoms with van der Waals surface area (Å²) in [5.74, 6) is -6.87. The lowest BCUT2D eigenvalue weighted by atomic mass is 10.1. The normalized spacial score (nSPS) is 11.6. The minimum absolute atomic E-state index is 0. The molecule has 0 radical (unpaired) electrons. The molecule has 1 aromatic heterocycles. The molecule has 0 aliphatic carbocycles. The first-order valence-electron chi connectivity index (χ1n) is 14.4. The van der Waals surface area contributed by atoms with Crippen molar-refractivity contribution in [2.75, 3.05) is 25.6 Å². The van der Waals surface area contributed by atoms with Crippen LogP contribution in [0.4, 0.5) is 33.9 Å². The molecule has 0 fully saturated rings. The van der Waals surface area contributed by atoms with Gasteiger partial charge in [-0.25, -0.2) is 27.2 Å². The van der Waals surface area contributed by atoms with Crippen molar-refractivity contribution in [1.82, 2.24) is 10.1 Å². The zero-order chi connectivity index (χ0) is 35.7. The van der Waals surface area contributed by atoms with Gasteiger partial charge in [0.1, 0.15) is 18.2 Å². The number of hydrogen-bond donors (Lipinski definition) is 1. The zero-order valence-electron chi connectivity index (χ0n) is 25.5. The van der Waals surface area contributed by atoms with Crippen LogP contribution in [-0.4, -0.2) is 65.2 Å². The SMILES string of the molecule is C.CN(C(=O)CCc1cccc(F)c1Cl)[C@H](COC(=O)Nc1cc(-c2cccc(F)c2)on1)CC(F)(F)COC(=O)c1ccc([N+](=O)[O-])cc1. The van der Waals surface area contributed by atoms with Crippen LogP contribution in [0.15, 0.2) is 77.3 Å². The second-order valence-corrected chi connectivity index (χ2v) is 11.0. The first-order chi connectivity index (χ1) is 23.2. The summed E-state index contributed by atoms with van der Waals surface area (Å²) in [4.78, 5) is 49.0. The van der Waals surface area contributed by atoms with Crippen molar-refractivity contribution in [1.29, 1.82) is 0 Å². The number of nitrogens with zero attached hydrogens (tertiary/aromatic N) is 3. The van der Waals surface area contributed by atoms with Gasteiger partial charge < -0.3 is 18.9 Å². The molecular formula is C33H31ClF4N4O8. The van der Waals surface area contributed by atoms with Gasteiger partial charge in [-0.2, -0.15) is 0 Å². The van der Waals surface area contributed by atoms with Gasteiger partial charge in [-0.05, 0) is 42.3 Å². The smallest absolute Gasteiger partial charge is 0.412 e. The highest BCUT2D eigenvalue weighted by Crippen LogP contribution is 2.27. The van der Waals surface area contributed by atoms with Gasteiger partial charge in [0.15, 0.2) is 18.2 Å².